The van der Waals surface area contributed by atoms with Crippen molar-refractivity contribution in [2.75, 3.05) is 13.7 Å². The molecule has 0 heterocycles. The van der Waals surface area contributed by atoms with Crippen molar-refractivity contribution in [3.05, 3.63) is 23.8 Å². The molecular formula is C15H23NO4. The maximum atomic E-state index is 11.1. The number of ether oxygens (including phenoxy) is 2. The van der Waals surface area contributed by atoms with Crippen LogP contribution in [0.15, 0.2) is 18.2 Å². The van der Waals surface area contributed by atoms with Crippen LogP contribution in [-0.2, 0) is 11.2 Å². The highest BCUT2D eigenvalue weighted by Crippen LogP contribution is 2.28. The SMILES string of the molecule is CCc1ccc(OCC(NC(C)C)C(=O)O)c(OC)c1. The van der Waals surface area contributed by atoms with Crippen LogP contribution in [0.2, 0.25) is 0 Å². The van der Waals surface area contributed by atoms with Gasteiger partial charge in [-0.1, -0.05) is 26.8 Å². The van der Waals surface area contributed by atoms with Gasteiger partial charge in [0.1, 0.15) is 12.6 Å². The van der Waals surface area contributed by atoms with E-state index in [1.807, 2.05) is 32.0 Å². The number of methoxy groups -OCH3 is 1. The van der Waals surface area contributed by atoms with Gasteiger partial charge in [0.15, 0.2) is 11.5 Å². The summed E-state index contributed by atoms with van der Waals surface area (Å²) in [4.78, 5) is 11.1. The zero-order chi connectivity index (χ0) is 15.1. The molecule has 1 aromatic rings. The third-order valence-corrected chi connectivity index (χ3v) is 2.87. The maximum Gasteiger partial charge on any atom is 0.324 e. The summed E-state index contributed by atoms with van der Waals surface area (Å²) in [6.07, 6.45) is 0.906. The third-order valence-electron chi connectivity index (χ3n) is 2.87. The van der Waals surface area contributed by atoms with Gasteiger partial charge in [-0.15, -0.1) is 0 Å². The molecule has 0 bridgehead atoms. The Bertz CT molecular complexity index is 445. The molecular weight excluding hydrogens is 258 g/mol. The first kappa shape index (κ1) is 16.3. The molecule has 1 rings (SSSR count). The van der Waals surface area contributed by atoms with Gasteiger partial charge in [-0.05, 0) is 24.1 Å². The summed E-state index contributed by atoms with van der Waals surface area (Å²) in [5.41, 5.74) is 1.14. The second kappa shape index (κ2) is 7.75. The van der Waals surface area contributed by atoms with Gasteiger partial charge in [-0.3, -0.25) is 10.1 Å². The molecule has 112 valence electrons. The van der Waals surface area contributed by atoms with Crippen LogP contribution in [0.1, 0.15) is 26.3 Å². The van der Waals surface area contributed by atoms with E-state index in [1.54, 1.807) is 7.11 Å². The minimum atomic E-state index is -0.928. The highest BCUT2D eigenvalue weighted by atomic mass is 16.5. The largest absolute Gasteiger partial charge is 0.493 e. The average Bonchev–Trinajstić information content (AvgIpc) is 2.42. The van der Waals surface area contributed by atoms with Crippen molar-refractivity contribution >= 4 is 5.97 Å². The predicted octanol–water partition coefficient (Wildman–Crippen LogP) is 2.09. The van der Waals surface area contributed by atoms with Crippen LogP contribution in [0.3, 0.4) is 0 Å². The fraction of sp³-hybridized carbons (Fsp3) is 0.533. The Balaban J connectivity index is 2.74. The molecule has 20 heavy (non-hydrogen) atoms. The summed E-state index contributed by atoms with van der Waals surface area (Å²) in [6, 6.07) is 4.99. The van der Waals surface area contributed by atoms with Crippen LogP contribution in [0, 0.1) is 0 Å². The number of carbonyl (C=O) groups is 1. The van der Waals surface area contributed by atoms with Gasteiger partial charge in [-0.2, -0.15) is 0 Å². The lowest BCUT2D eigenvalue weighted by molar-refractivity contribution is -0.140. The number of nitrogens with one attached hydrogen (secondary N) is 1. The molecule has 0 fully saturated rings. The number of hydrogen-bond acceptors (Lipinski definition) is 4. The molecule has 0 aliphatic carbocycles. The first-order valence-corrected chi connectivity index (χ1v) is 6.76. The topological polar surface area (TPSA) is 67.8 Å². The molecule has 5 nitrogen and oxygen atoms in total. The van der Waals surface area contributed by atoms with Crippen molar-refractivity contribution in [1.82, 2.24) is 5.32 Å². The number of aryl methyl sites for hydroxylation is 1. The Morgan fingerprint density at radius 3 is 2.55 bits per heavy atom. The zero-order valence-electron chi connectivity index (χ0n) is 12.5. The number of carboxylic acids is 1. The normalized spacial score (nSPS) is 12.2. The van der Waals surface area contributed by atoms with Crippen LogP contribution in [0.5, 0.6) is 11.5 Å². The quantitative estimate of drug-likeness (QED) is 0.763. The minimum Gasteiger partial charge on any atom is -0.493 e. The second-order valence-electron chi connectivity index (χ2n) is 4.86. The van der Waals surface area contributed by atoms with Gasteiger partial charge in [0.05, 0.1) is 7.11 Å². The zero-order valence-corrected chi connectivity index (χ0v) is 12.5. The van der Waals surface area contributed by atoms with Crippen molar-refractivity contribution in [2.24, 2.45) is 0 Å². The molecule has 0 saturated carbocycles. The number of aliphatic carboxylic acids is 1. The second-order valence-corrected chi connectivity index (χ2v) is 4.86. The molecule has 0 aliphatic rings. The van der Waals surface area contributed by atoms with Crippen molar-refractivity contribution in [3.8, 4) is 11.5 Å². The summed E-state index contributed by atoms with van der Waals surface area (Å²) >= 11 is 0. The highest BCUT2D eigenvalue weighted by Gasteiger charge is 2.19. The number of benzene rings is 1. The van der Waals surface area contributed by atoms with Gasteiger partial charge in [0.25, 0.3) is 0 Å². The Labute approximate surface area is 119 Å². The molecule has 1 aromatic carbocycles. The first-order valence-electron chi connectivity index (χ1n) is 6.76. The van der Waals surface area contributed by atoms with E-state index in [-0.39, 0.29) is 12.6 Å². The lowest BCUT2D eigenvalue weighted by Crippen LogP contribution is -2.44. The Kier molecular flexibility index (Phi) is 6.31. The van der Waals surface area contributed by atoms with E-state index in [9.17, 15) is 4.79 Å². The molecule has 5 heteroatoms. The Morgan fingerprint density at radius 2 is 2.05 bits per heavy atom. The molecule has 0 aromatic heterocycles. The molecule has 0 spiro atoms. The lowest BCUT2D eigenvalue weighted by Gasteiger charge is -2.19. The van der Waals surface area contributed by atoms with Crippen molar-refractivity contribution in [3.63, 3.8) is 0 Å². The fourth-order valence-corrected chi connectivity index (χ4v) is 1.82. The number of hydrogen-bond donors (Lipinski definition) is 2. The molecule has 0 radical (unpaired) electrons. The van der Waals surface area contributed by atoms with Gasteiger partial charge in [0, 0.05) is 6.04 Å². The lowest BCUT2D eigenvalue weighted by atomic mass is 10.1. The minimum absolute atomic E-state index is 0.0509. The van der Waals surface area contributed by atoms with E-state index in [4.69, 9.17) is 14.6 Å². The third kappa shape index (κ3) is 4.74. The Morgan fingerprint density at radius 1 is 1.35 bits per heavy atom. The van der Waals surface area contributed by atoms with Crippen molar-refractivity contribution in [1.29, 1.82) is 0 Å². The van der Waals surface area contributed by atoms with E-state index < -0.39 is 12.0 Å². The number of carboxylic acid groups (broad SMARTS) is 1. The average molecular weight is 281 g/mol. The van der Waals surface area contributed by atoms with Gasteiger partial charge >= 0.3 is 5.97 Å². The predicted molar refractivity (Wildman–Crippen MR) is 77.6 cm³/mol. The molecule has 0 saturated heterocycles. The fourth-order valence-electron chi connectivity index (χ4n) is 1.82. The number of rotatable bonds is 8. The van der Waals surface area contributed by atoms with Gasteiger partial charge < -0.3 is 14.6 Å². The molecule has 0 aliphatic heterocycles. The van der Waals surface area contributed by atoms with E-state index in [2.05, 4.69) is 12.2 Å². The standard InChI is InChI=1S/C15H23NO4/c1-5-11-6-7-13(14(8-11)19-4)20-9-12(15(17)18)16-10(2)3/h6-8,10,12,16H,5,9H2,1-4H3,(H,17,18). The van der Waals surface area contributed by atoms with Crippen LogP contribution in [-0.4, -0.2) is 36.9 Å². The van der Waals surface area contributed by atoms with E-state index in [1.165, 1.54) is 0 Å². The van der Waals surface area contributed by atoms with Gasteiger partial charge in [0.2, 0.25) is 0 Å². The summed E-state index contributed by atoms with van der Waals surface area (Å²) in [6.45, 7) is 5.90. The van der Waals surface area contributed by atoms with Crippen LogP contribution in [0.25, 0.3) is 0 Å². The monoisotopic (exact) mass is 281 g/mol. The summed E-state index contributed by atoms with van der Waals surface area (Å²) < 4.78 is 10.9. The van der Waals surface area contributed by atoms with Crippen molar-refractivity contribution in [2.45, 2.75) is 39.3 Å². The summed E-state index contributed by atoms with van der Waals surface area (Å²) in [5, 5.41) is 12.1. The highest BCUT2D eigenvalue weighted by molar-refractivity contribution is 5.73. The van der Waals surface area contributed by atoms with E-state index >= 15 is 0 Å². The van der Waals surface area contributed by atoms with Crippen LogP contribution >= 0.6 is 0 Å². The first-order chi connectivity index (χ1) is 9.47. The van der Waals surface area contributed by atoms with Crippen LogP contribution in [0.4, 0.5) is 0 Å². The maximum absolute atomic E-state index is 11.1. The van der Waals surface area contributed by atoms with Crippen molar-refractivity contribution < 1.29 is 19.4 Å². The molecule has 1 unspecified atom stereocenters. The van der Waals surface area contributed by atoms with Gasteiger partial charge in [-0.25, -0.2) is 0 Å². The molecule has 1 atom stereocenters. The molecule has 2 N–H and O–H groups in total. The summed E-state index contributed by atoms with van der Waals surface area (Å²) in [7, 11) is 1.57. The molecule has 0 amide bonds. The Hall–Kier alpha value is -1.75. The smallest absolute Gasteiger partial charge is 0.324 e. The summed E-state index contributed by atoms with van der Waals surface area (Å²) in [5.74, 6) is 0.252. The van der Waals surface area contributed by atoms with Crippen LogP contribution < -0.4 is 14.8 Å². The van der Waals surface area contributed by atoms with E-state index in [0.29, 0.717) is 11.5 Å². The van der Waals surface area contributed by atoms with E-state index in [0.717, 1.165) is 12.0 Å².